The molecule has 96 valence electrons. The van der Waals surface area contributed by atoms with Crippen LogP contribution in [0, 0.1) is 0 Å². The molecule has 0 bridgehead atoms. The molecule has 0 atom stereocenters. The summed E-state index contributed by atoms with van der Waals surface area (Å²) in [5.41, 5.74) is 2.09. The molecule has 2 aromatic carbocycles. The van der Waals surface area contributed by atoms with E-state index in [1.807, 2.05) is 30.3 Å². The van der Waals surface area contributed by atoms with E-state index >= 15 is 0 Å². The number of aromatic hydroxyl groups is 1. The highest BCUT2D eigenvalue weighted by molar-refractivity contribution is 5.90. The molecule has 0 radical (unpaired) electrons. The number of phenolic OH excluding ortho intramolecular Hbond substituents is 1. The van der Waals surface area contributed by atoms with Gasteiger partial charge in [0.15, 0.2) is 0 Å². The van der Waals surface area contributed by atoms with E-state index in [9.17, 15) is 4.79 Å². The third-order valence-electron chi connectivity index (χ3n) is 2.66. The second-order valence-electron chi connectivity index (χ2n) is 4.09. The zero-order valence-corrected chi connectivity index (χ0v) is 10.4. The predicted octanol–water partition coefficient (Wildman–Crippen LogP) is 3.26. The van der Waals surface area contributed by atoms with E-state index in [4.69, 9.17) is 9.84 Å². The van der Waals surface area contributed by atoms with Gasteiger partial charge in [0.25, 0.3) is 0 Å². The van der Waals surface area contributed by atoms with Crippen LogP contribution in [0.4, 0.5) is 0 Å². The molecule has 0 spiro atoms. The van der Waals surface area contributed by atoms with E-state index in [0.29, 0.717) is 5.56 Å². The van der Waals surface area contributed by atoms with E-state index in [-0.39, 0.29) is 12.4 Å². The van der Waals surface area contributed by atoms with E-state index in [1.165, 1.54) is 24.3 Å². The molecule has 0 amide bonds. The maximum absolute atomic E-state index is 11.7. The van der Waals surface area contributed by atoms with Gasteiger partial charge < -0.3 is 9.84 Å². The first-order chi connectivity index (χ1) is 9.16. The molecule has 0 fully saturated rings. The lowest BCUT2D eigenvalue weighted by Gasteiger charge is -2.07. The standard InChI is InChI=1S/C16H14O3/c1-12(13-5-3-2-4-6-13)11-19-16(18)14-7-9-15(17)10-8-14/h2-10,17H,1,11H2. The second kappa shape index (κ2) is 5.87. The van der Waals surface area contributed by atoms with Crippen molar-refractivity contribution in [1.82, 2.24) is 0 Å². The fraction of sp³-hybridized carbons (Fsp3) is 0.0625. The van der Waals surface area contributed by atoms with Gasteiger partial charge in [0.2, 0.25) is 0 Å². The Morgan fingerprint density at radius 2 is 1.63 bits per heavy atom. The molecule has 0 saturated carbocycles. The van der Waals surface area contributed by atoms with Crippen LogP contribution in [0.25, 0.3) is 5.57 Å². The summed E-state index contributed by atoms with van der Waals surface area (Å²) in [4.78, 5) is 11.7. The van der Waals surface area contributed by atoms with Gasteiger partial charge in [-0.05, 0) is 35.4 Å². The van der Waals surface area contributed by atoms with Gasteiger partial charge >= 0.3 is 5.97 Å². The van der Waals surface area contributed by atoms with E-state index in [1.54, 1.807) is 0 Å². The highest BCUT2D eigenvalue weighted by atomic mass is 16.5. The van der Waals surface area contributed by atoms with Crippen molar-refractivity contribution in [3.8, 4) is 5.75 Å². The summed E-state index contributed by atoms with van der Waals surface area (Å²) >= 11 is 0. The van der Waals surface area contributed by atoms with Gasteiger partial charge in [-0.15, -0.1) is 0 Å². The minimum absolute atomic E-state index is 0.116. The van der Waals surface area contributed by atoms with Gasteiger partial charge in [0.1, 0.15) is 12.4 Å². The first kappa shape index (κ1) is 12.9. The molecule has 19 heavy (non-hydrogen) atoms. The van der Waals surface area contributed by atoms with Gasteiger partial charge in [-0.1, -0.05) is 36.9 Å². The largest absolute Gasteiger partial charge is 0.508 e. The quantitative estimate of drug-likeness (QED) is 0.852. The second-order valence-corrected chi connectivity index (χ2v) is 4.09. The smallest absolute Gasteiger partial charge is 0.338 e. The van der Waals surface area contributed by atoms with Crippen LogP contribution in [0.3, 0.4) is 0 Å². The average molecular weight is 254 g/mol. The molecule has 0 aliphatic carbocycles. The number of phenols is 1. The minimum atomic E-state index is -0.433. The highest BCUT2D eigenvalue weighted by Crippen LogP contribution is 2.14. The Kier molecular flexibility index (Phi) is 3.98. The third-order valence-corrected chi connectivity index (χ3v) is 2.66. The van der Waals surface area contributed by atoms with Crippen LogP contribution in [0.5, 0.6) is 5.75 Å². The number of ether oxygens (including phenoxy) is 1. The summed E-state index contributed by atoms with van der Waals surface area (Å²) in [6.07, 6.45) is 0. The molecule has 0 aliphatic heterocycles. The summed E-state index contributed by atoms with van der Waals surface area (Å²) in [5, 5.41) is 9.14. The zero-order chi connectivity index (χ0) is 13.7. The van der Waals surface area contributed by atoms with Crippen LogP contribution >= 0.6 is 0 Å². The summed E-state index contributed by atoms with van der Waals surface area (Å²) in [7, 11) is 0. The number of hydrogen-bond acceptors (Lipinski definition) is 3. The monoisotopic (exact) mass is 254 g/mol. The Hall–Kier alpha value is -2.55. The maximum Gasteiger partial charge on any atom is 0.338 e. The van der Waals surface area contributed by atoms with Crippen molar-refractivity contribution in [1.29, 1.82) is 0 Å². The molecule has 0 aliphatic rings. The van der Waals surface area contributed by atoms with Crippen LogP contribution in [0.2, 0.25) is 0 Å². The first-order valence-corrected chi connectivity index (χ1v) is 5.86. The van der Waals surface area contributed by atoms with Gasteiger partial charge in [0, 0.05) is 0 Å². The first-order valence-electron chi connectivity index (χ1n) is 5.86. The predicted molar refractivity (Wildman–Crippen MR) is 73.9 cm³/mol. The van der Waals surface area contributed by atoms with Crippen LogP contribution in [-0.4, -0.2) is 17.7 Å². The van der Waals surface area contributed by atoms with Crippen molar-refractivity contribution in [3.63, 3.8) is 0 Å². The van der Waals surface area contributed by atoms with Crippen molar-refractivity contribution < 1.29 is 14.6 Å². The highest BCUT2D eigenvalue weighted by Gasteiger charge is 2.08. The number of hydrogen-bond donors (Lipinski definition) is 1. The van der Waals surface area contributed by atoms with E-state index in [0.717, 1.165) is 11.1 Å². The summed E-state index contributed by atoms with van der Waals surface area (Å²) in [5.74, 6) is -0.317. The maximum atomic E-state index is 11.7. The zero-order valence-electron chi connectivity index (χ0n) is 10.4. The van der Waals surface area contributed by atoms with Crippen molar-refractivity contribution in [2.45, 2.75) is 0 Å². The lowest BCUT2D eigenvalue weighted by Crippen LogP contribution is -2.07. The lowest BCUT2D eigenvalue weighted by atomic mass is 10.1. The number of carbonyl (C=O) groups is 1. The molecule has 0 aromatic heterocycles. The topological polar surface area (TPSA) is 46.5 Å². The molecular formula is C16H14O3. The fourth-order valence-electron chi connectivity index (χ4n) is 1.59. The van der Waals surface area contributed by atoms with Crippen molar-refractivity contribution in [2.24, 2.45) is 0 Å². The molecule has 0 heterocycles. The Labute approximate surface area is 111 Å². The van der Waals surface area contributed by atoms with Gasteiger partial charge in [0.05, 0.1) is 5.56 Å². The Morgan fingerprint density at radius 3 is 2.26 bits per heavy atom. The molecule has 2 aromatic rings. The molecule has 0 saturated heterocycles. The van der Waals surface area contributed by atoms with E-state index < -0.39 is 5.97 Å². The van der Waals surface area contributed by atoms with Crippen LogP contribution < -0.4 is 0 Å². The molecule has 3 nitrogen and oxygen atoms in total. The lowest BCUT2D eigenvalue weighted by molar-refractivity contribution is 0.0557. The molecule has 3 heteroatoms. The molecule has 0 unspecified atom stereocenters. The van der Waals surface area contributed by atoms with Crippen molar-refractivity contribution >= 4 is 11.5 Å². The van der Waals surface area contributed by atoms with Crippen molar-refractivity contribution in [2.75, 3.05) is 6.61 Å². The minimum Gasteiger partial charge on any atom is -0.508 e. The van der Waals surface area contributed by atoms with Gasteiger partial charge in [-0.25, -0.2) is 4.79 Å². The Morgan fingerprint density at radius 1 is 1.00 bits per heavy atom. The van der Waals surface area contributed by atoms with Crippen LogP contribution in [-0.2, 0) is 4.74 Å². The molecule has 2 rings (SSSR count). The summed E-state index contributed by atoms with van der Waals surface area (Å²) in [6.45, 7) is 4.03. The number of rotatable bonds is 4. The Bertz CT molecular complexity index is 571. The van der Waals surface area contributed by atoms with E-state index in [2.05, 4.69) is 6.58 Å². The fourth-order valence-corrected chi connectivity index (χ4v) is 1.59. The van der Waals surface area contributed by atoms with Crippen LogP contribution in [0.15, 0.2) is 61.2 Å². The molecule has 1 N–H and O–H groups in total. The van der Waals surface area contributed by atoms with Gasteiger partial charge in [-0.2, -0.15) is 0 Å². The Balaban J connectivity index is 1.94. The van der Waals surface area contributed by atoms with Gasteiger partial charge in [-0.3, -0.25) is 0 Å². The average Bonchev–Trinajstić information content (AvgIpc) is 2.46. The van der Waals surface area contributed by atoms with Crippen LogP contribution in [0.1, 0.15) is 15.9 Å². The third kappa shape index (κ3) is 3.45. The summed E-state index contributed by atoms with van der Waals surface area (Å²) in [6, 6.07) is 15.5. The van der Waals surface area contributed by atoms with Crippen molar-refractivity contribution in [3.05, 3.63) is 72.3 Å². The number of carbonyl (C=O) groups excluding carboxylic acids is 1. The summed E-state index contributed by atoms with van der Waals surface area (Å²) < 4.78 is 5.16. The normalized spacial score (nSPS) is 9.89. The SMILES string of the molecule is C=C(COC(=O)c1ccc(O)cc1)c1ccccc1. The number of benzene rings is 2. The number of esters is 1. The molecular weight excluding hydrogens is 240 g/mol.